The van der Waals surface area contributed by atoms with E-state index in [0.717, 1.165) is 49.8 Å². The molecule has 0 spiro atoms. The van der Waals surface area contributed by atoms with Crippen molar-refractivity contribution >= 4 is 61.0 Å². The second-order valence-electron chi connectivity index (χ2n) is 17.2. The molecule has 0 amide bonds. The van der Waals surface area contributed by atoms with Crippen molar-refractivity contribution < 1.29 is 28.6 Å². The highest BCUT2D eigenvalue weighted by Gasteiger charge is 2.24. The average Bonchev–Trinajstić information content (AvgIpc) is 4.15. The summed E-state index contributed by atoms with van der Waals surface area (Å²) in [5.41, 5.74) is 4.85. The third kappa shape index (κ3) is 11.3. The lowest BCUT2D eigenvalue weighted by atomic mass is 10.1. The molecule has 0 bridgehead atoms. The SMILES string of the molecule is BrCc1ccc(-n2cccc2)cc1.CCn1cc(C(=O)O)c(=O)c2cc(F)c(N3CCN(Cc4ccc(-n5cccc5)cc4)CC3)cc21.CCn1cc(C(=O)O)c(=O)c2cc(F)c(N3CCNCC3)cc21. The Hall–Kier alpha value is -7.34. The highest BCUT2D eigenvalue weighted by molar-refractivity contribution is 9.08. The molecule has 8 aromatic rings. The molecule has 14 nitrogen and oxygen atoms in total. The van der Waals surface area contributed by atoms with Gasteiger partial charge in [0.2, 0.25) is 10.9 Å². The van der Waals surface area contributed by atoms with Crippen LogP contribution in [0.25, 0.3) is 33.2 Å². The summed E-state index contributed by atoms with van der Waals surface area (Å²) in [6.07, 6.45) is 10.8. The van der Waals surface area contributed by atoms with Crippen molar-refractivity contribution in [1.82, 2.24) is 28.5 Å². The van der Waals surface area contributed by atoms with Gasteiger partial charge >= 0.3 is 11.9 Å². The number of hydrogen-bond donors (Lipinski definition) is 3. The van der Waals surface area contributed by atoms with Gasteiger partial charge in [0, 0.05) is 137 Å². The van der Waals surface area contributed by atoms with Crippen molar-refractivity contribution in [2.45, 2.75) is 38.8 Å². The Morgan fingerprint density at radius 3 is 1.39 bits per heavy atom. The maximum atomic E-state index is 15.1. The lowest BCUT2D eigenvalue weighted by molar-refractivity contribution is 0.0684. The number of nitrogens with zero attached hydrogens (tertiary/aromatic N) is 7. The normalized spacial score (nSPS) is 13.9. The number of pyridine rings is 2. The van der Waals surface area contributed by atoms with E-state index in [1.165, 1.54) is 35.3 Å². The smallest absolute Gasteiger partial charge is 0.341 e. The number of fused-ring (bicyclic) bond motifs is 2. The van der Waals surface area contributed by atoms with E-state index in [9.17, 15) is 28.7 Å². The van der Waals surface area contributed by atoms with Crippen LogP contribution in [0.4, 0.5) is 20.2 Å². The van der Waals surface area contributed by atoms with Crippen LogP contribution in [0.15, 0.2) is 144 Å². The largest absolute Gasteiger partial charge is 0.477 e. The summed E-state index contributed by atoms with van der Waals surface area (Å²) in [6.45, 7) is 11.3. The summed E-state index contributed by atoms with van der Waals surface area (Å²) >= 11 is 3.42. The first kappa shape index (κ1) is 50.1. The number of piperazine rings is 2. The number of carboxylic acids is 2. The van der Waals surface area contributed by atoms with Gasteiger partial charge in [0.15, 0.2) is 0 Å². The quantitative estimate of drug-likeness (QED) is 0.108. The highest BCUT2D eigenvalue weighted by Crippen LogP contribution is 2.28. The van der Waals surface area contributed by atoms with Gasteiger partial charge in [0.25, 0.3) is 0 Å². The minimum absolute atomic E-state index is 0.0926. The van der Waals surface area contributed by atoms with Gasteiger partial charge in [-0.2, -0.15) is 0 Å². The summed E-state index contributed by atoms with van der Waals surface area (Å²) < 4.78 is 37.1. The molecule has 2 aliphatic rings. The van der Waals surface area contributed by atoms with Crippen molar-refractivity contribution in [3.63, 3.8) is 0 Å². The van der Waals surface area contributed by atoms with Gasteiger partial charge in [0.1, 0.15) is 22.8 Å². The number of aryl methyl sites for hydroxylation is 2. The maximum absolute atomic E-state index is 15.1. The van der Waals surface area contributed by atoms with Crippen molar-refractivity contribution in [3.8, 4) is 11.4 Å². The molecule has 6 heterocycles. The molecule has 0 saturated carbocycles. The molecule has 4 aromatic heterocycles. The Morgan fingerprint density at radius 2 is 1.00 bits per heavy atom. The number of carbonyl (C=O) groups is 2. The molecular weight excluding hydrogens is 975 g/mol. The van der Waals surface area contributed by atoms with Crippen LogP contribution < -0.4 is 26.0 Å². The Morgan fingerprint density at radius 1 is 0.592 bits per heavy atom. The van der Waals surface area contributed by atoms with E-state index in [-0.39, 0.29) is 21.9 Å². The fourth-order valence-corrected chi connectivity index (χ4v) is 9.34. The number of carboxylic acid groups (broad SMARTS) is 2. The van der Waals surface area contributed by atoms with E-state index >= 15 is 4.39 Å². The number of aromatic carboxylic acids is 2. The van der Waals surface area contributed by atoms with Gasteiger partial charge in [-0.1, -0.05) is 40.2 Å². The summed E-state index contributed by atoms with van der Waals surface area (Å²) in [4.78, 5) is 53.8. The van der Waals surface area contributed by atoms with Crippen LogP contribution in [0.3, 0.4) is 0 Å². The minimum atomic E-state index is -1.31. The molecule has 10 rings (SSSR count). The predicted molar refractivity (Wildman–Crippen MR) is 278 cm³/mol. The number of anilines is 2. The van der Waals surface area contributed by atoms with Crippen molar-refractivity contribution in [1.29, 1.82) is 0 Å². The van der Waals surface area contributed by atoms with Crippen LogP contribution in [0.5, 0.6) is 0 Å². The molecule has 17 heteroatoms. The molecule has 0 aliphatic carbocycles. The standard InChI is InChI=1S/C27H27FN4O3.C16H18FN3O3.C11H10BrN/c1-2-30-18-22(27(34)35)26(33)21-15-23(28)25(16-24(21)30)32-13-11-29(12-14-32)17-19-5-7-20(8-6-19)31-9-3-4-10-31;1-2-19-9-11(16(22)23)15(21)10-7-12(17)14(8-13(10)19)20-5-3-18-4-6-20;12-9-10-3-5-11(6-4-10)13-7-1-2-8-13/h3-10,15-16,18H,2,11-14,17H2,1H3,(H,34,35);7-9,18H,2-6H2,1H3,(H,22,23);1-8H,9H2. The van der Waals surface area contributed by atoms with Gasteiger partial charge in [-0.3, -0.25) is 14.5 Å². The van der Waals surface area contributed by atoms with Crippen molar-refractivity contribution in [2.75, 3.05) is 62.2 Å². The molecular formula is C54H55BrF2N8O6. The van der Waals surface area contributed by atoms with Crippen LogP contribution in [0.2, 0.25) is 0 Å². The van der Waals surface area contributed by atoms with Crippen molar-refractivity contribution in [2.24, 2.45) is 0 Å². The molecule has 0 atom stereocenters. The Kier molecular flexibility index (Phi) is 15.9. The van der Waals surface area contributed by atoms with Crippen LogP contribution in [0.1, 0.15) is 45.7 Å². The van der Waals surface area contributed by atoms with Crippen LogP contribution in [-0.4, -0.2) is 97.7 Å². The lowest BCUT2D eigenvalue weighted by Crippen LogP contribution is -2.46. The predicted octanol–water partition coefficient (Wildman–Crippen LogP) is 8.61. The number of aromatic nitrogens is 4. The summed E-state index contributed by atoms with van der Waals surface area (Å²) in [5, 5.41) is 22.8. The molecule has 2 fully saturated rings. The first-order valence-electron chi connectivity index (χ1n) is 23.5. The van der Waals surface area contributed by atoms with E-state index < -0.39 is 34.4 Å². The Labute approximate surface area is 417 Å². The van der Waals surface area contributed by atoms with Crippen LogP contribution >= 0.6 is 15.9 Å². The number of hydrogen-bond acceptors (Lipinski definition) is 8. The third-order valence-electron chi connectivity index (χ3n) is 12.8. The third-order valence-corrected chi connectivity index (χ3v) is 13.5. The fraction of sp³-hybridized carbons (Fsp3) is 0.259. The molecule has 2 aliphatic heterocycles. The van der Waals surface area contributed by atoms with Gasteiger partial charge in [-0.25, -0.2) is 18.4 Å². The molecule has 71 heavy (non-hydrogen) atoms. The van der Waals surface area contributed by atoms with E-state index in [0.29, 0.717) is 61.7 Å². The molecule has 4 aromatic carbocycles. The fourth-order valence-electron chi connectivity index (χ4n) is 8.97. The van der Waals surface area contributed by atoms with E-state index in [1.54, 1.807) is 21.3 Å². The number of benzene rings is 4. The summed E-state index contributed by atoms with van der Waals surface area (Å²) in [5.74, 6) is -3.61. The van der Waals surface area contributed by atoms with Gasteiger partial charge < -0.3 is 43.6 Å². The first-order valence-corrected chi connectivity index (χ1v) is 24.6. The Balaban J connectivity index is 0.000000160. The molecule has 368 valence electrons. The monoisotopic (exact) mass is 1030 g/mol. The average molecular weight is 1030 g/mol. The number of alkyl halides is 1. The van der Waals surface area contributed by atoms with E-state index in [4.69, 9.17) is 5.11 Å². The zero-order chi connectivity index (χ0) is 50.2. The molecule has 2 saturated heterocycles. The van der Waals surface area contributed by atoms with Crippen molar-refractivity contribution in [3.05, 3.63) is 189 Å². The first-order chi connectivity index (χ1) is 34.4. The highest BCUT2D eigenvalue weighted by atomic mass is 79.9. The van der Waals surface area contributed by atoms with Crippen LogP contribution in [-0.2, 0) is 25.0 Å². The summed E-state index contributed by atoms with van der Waals surface area (Å²) in [6, 6.07) is 30.7. The second-order valence-corrected chi connectivity index (χ2v) is 17.8. The van der Waals surface area contributed by atoms with Gasteiger partial charge in [-0.05, 0) is 97.8 Å². The number of rotatable bonds is 11. The minimum Gasteiger partial charge on any atom is -0.477 e. The zero-order valence-electron chi connectivity index (χ0n) is 39.5. The van der Waals surface area contributed by atoms with E-state index in [1.807, 2.05) is 72.7 Å². The topological polar surface area (TPSA) is 150 Å². The van der Waals surface area contributed by atoms with E-state index in [2.05, 4.69) is 83.8 Å². The van der Waals surface area contributed by atoms with Gasteiger partial charge in [0.05, 0.1) is 22.4 Å². The molecule has 0 unspecified atom stereocenters. The second kappa shape index (κ2) is 22.6. The van der Waals surface area contributed by atoms with Gasteiger partial charge in [-0.15, -0.1) is 0 Å². The lowest BCUT2D eigenvalue weighted by Gasteiger charge is -2.36. The molecule has 0 radical (unpaired) electrons. The molecule has 3 N–H and O–H groups in total. The van der Waals surface area contributed by atoms with Crippen LogP contribution in [0, 0.1) is 11.6 Å². The number of halogens is 3. The summed E-state index contributed by atoms with van der Waals surface area (Å²) in [7, 11) is 0. The Bertz CT molecular complexity index is 3250. The maximum Gasteiger partial charge on any atom is 0.341 e. The zero-order valence-corrected chi connectivity index (χ0v) is 41.1. The number of nitrogens with one attached hydrogen (secondary N) is 1.